The average molecular weight is 354 g/mol. The fraction of sp³-hybridized carbons (Fsp3) is 0.538. The molecule has 0 saturated carbocycles. The summed E-state index contributed by atoms with van der Waals surface area (Å²) in [5.74, 6) is -0.314. The Kier molecular flexibility index (Phi) is 5.75. The smallest absolute Gasteiger partial charge is 0.258 e. The molecular weight excluding hydrogens is 337 g/mol. The van der Waals surface area contributed by atoms with Gasteiger partial charge in [-0.15, -0.1) is 0 Å². The van der Waals surface area contributed by atoms with Crippen LogP contribution in [-0.4, -0.2) is 36.9 Å². The SMILES string of the molecule is Cc1cc([N+](=O)[O-])ccc1S(=O)(=O)N(CC(C)C)CC(F)(F)F. The standard InChI is InChI=1S/C13H17F3N2O4S/c1-9(2)7-17(8-13(14,15)16)23(21,22)12-5-4-11(18(19)20)6-10(12)3/h4-6,9H,7-8H2,1-3H3. The van der Waals surface area contributed by atoms with Gasteiger partial charge in [-0.25, -0.2) is 8.42 Å². The van der Waals surface area contributed by atoms with Crippen molar-refractivity contribution in [3.8, 4) is 0 Å². The molecule has 10 heteroatoms. The molecule has 0 radical (unpaired) electrons. The van der Waals surface area contributed by atoms with Crippen LogP contribution in [0.4, 0.5) is 18.9 Å². The van der Waals surface area contributed by atoms with E-state index in [0.29, 0.717) is 4.31 Å². The number of rotatable bonds is 6. The Labute approximate surface area is 132 Å². The lowest BCUT2D eigenvalue weighted by molar-refractivity contribution is -0.385. The van der Waals surface area contributed by atoms with E-state index in [-0.39, 0.29) is 28.6 Å². The highest BCUT2D eigenvalue weighted by atomic mass is 32.2. The van der Waals surface area contributed by atoms with Crippen molar-refractivity contribution in [2.75, 3.05) is 13.1 Å². The second kappa shape index (κ2) is 6.83. The number of nitro benzene ring substituents is 1. The first-order valence-corrected chi connectivity index (χ1v) is 8.10. The van der Waals surface area contributed by atoms with Gasteiger partial charge in [0.15, 0.2) is 0 Å². The minimum atomic E-state index is -4.68. The maximum Gasteiger partial charge on any atom is 0.402 e. The van der Waals surface area contributed by atoms with E-state index >= 15 is 0 Å². The fourth-order valence-corrected chi connectivity index (χ4v) is 3.83. The third kappa shape index (κ3) is 5.17. The van der Waals surface area contributed by atoms with Gasteiger partial charge in [-0.3, -0.25) is 10.1 Å². The molecule has 6 nitrogen and oxygen atoms in total. The van der Waals surface area contributed by atoms with Gasteiger partial charge in [0.25, 0.3) is 5.69 Å². The molecule has 0 aromatic heterocycles. The summed E-state index contributed by atoms with van der Waals surface area (Å²) in [4.78, 5) is 9.61. The zero-order chi connectivity index (χ0) is 18.0. The van der Waals surface area contributed by atoms with Gasteiger partial charge < -0.3 is 0 Å². The van der Waals surface area contributed by atoms with Gasteiger partial charge in [-0.2, -0.15) is 17.5 Å². The summed E-state index contributed by atoms with van der Waals surface area (Å²) < 4.78 is 63.4. The van der Waals surface area contributed by atoms with Crippen molar-refractivity contribution >= 4 is 15.7 Å². The predicted octanol–water partition coefficient (Wildman–Crippen LogP) is 3.11. The Morgan fingerprint density at radius 3 is 2.26 bits per heavy atom. The second-order valence-corrected chi connectivity index (χ2v) is 7.42. The van der Waals surface area contributed by atoms with Crippen LogP contribution in [0.25, 0.3) is 0 Å². The molecule has 0 aliphatic rings. The molecule has 0 saturated heterocycles. The summed E-state index contributed by atoms with van der Waals surface area (Å²) in [5.41, 5.74) is -0.303. The van der Waals surface area contributed by atoms with Gasteiger partial charge in [-0.05, 0) is 24.5 Å². The van der Waals surface area contributed by atoms with Crippen molar-refractivity contribution in [1.82, 2.24) is 4.31 Å². The van der Waals surface area contributed by atoms with E-state index in [4.69, 9.17) is 0 Å². The van der Waals surface area contributed by atoms with Crippen molar-refractivity contribution in [1.29, 1.82) is 0 Å². The monoisotopic (exact) mass is 354 g/mol. The highest BCUT2D eigenvalue weighted by Gasteiger charge is 2.38. The minimum Gasteiger partial charge on any atom is -0.258 e. The first-order valence-electron chi connectivity index (χ1n) is 6.66. The zero-order valence-electron chi connectivity index (χ0n) is 12.8. The van der Waals surface area contributed by atoms with Gasteiger partial charge in [0.2, 0.25) is 10.0 Å². The summed E-state index contributed by atoms with van der Waals surface area (Å²) in [6.07, 6.45) is -4.68. The molecule has 0 atom stereocenters. The summed E-state index contributed by atoms with van der Waals surface area (Å²) >= 11 is 0. The highest BCUT2D eigenvalue weighted by Crippen LogP contribution is 2.27. The predicted molar refractivity (Wildman–Crippen MR) is 77.5 cm³/mol. The van der Waals surface area contributed by atoms with Crippen LogP contribution in [0.2, 0.25) is 0 Å². The van der Waals surface area contributed by atoms with E-state index in [1.54, 1.807) is 13.8 Å². The van der Waals surface area contributed by atoms with Crippen molar-refractivity contribution < 1.29 is 26.5 Å². The molecule has 0 amide bonds. The highest BCUT2D eigenvalue weighted by molar-refractivity contribution is 7.89. The van der Waals surface area contributed by atoms with Crippen LogP contribution in [0.3, 0.4) is 0 Å². The molecule has 0 spiro atoms. The number of sulfonamides is 1. The van der Waals surface area contributed by atoms with Gasteiger partial charge in [0.05, 0.1) is 9.82 Å². The summed E-state index contributed by atoms with van der Waals surface area (Å²) in [7, 11) is -4.41. The molecule has 1 rings (SSSR count). The molecule has 1 aromatic rings. The van der Waals surface area contributed by atoms with Gasteiger partial charge in [-0.1, -0.05) is 13.8 Å². The number of alkyl halides is 3. The third-order valence-corrected chi connectivity index (χ3v) is 4.88. The Morgan fingerprint density at radius 2 is 1.87 bits per heavy atom. The van der Waals surface area contributed by atoms with E-state index in [1.165, 1.54) is 6.92 Å². The average Bonchev–Trinajstić information content (AvgIpc) is 2.35. The van der Waals surface area contributed by atoms with Crippen LogP contribution in [0.15, 0.2) is 23.1 Å². The molecular formula is C13H17F3N2O4S. The number of hydrogen-bond donors (Lipinski definition) is 0. The summed E-state index contributed by atoms with van der Waals surface area (Å²) in [5, 5.41) is 10.7. The van der Waals surface area contributed by atoms with E-state index in [0.717, 1.165) is 18.2 Å². The van der Waals surface area contributed by atoms with E-state index in [9.17, 15) is 31.7 Å². The van der Waals surface area contributed by atoms with Crippen molar-refractivity contribution in [3.63, 3.8) is 0 Å². The van der Waals surface area contributed by atoms with Crippen molar-refractivity contribution in [3.05, 3.63) is 33.9 Å². The number of benzene rings is 1. The zero-order valence-corrected chi connectivity index (χ0v) is 13.6. The van der Waals surface area contributed by atoms with Crippen LogP contribution in [-0.2, 0) is 10.0 Å². The van der Waals surface area contributed by atoms with Crippen LogP contribution in [0.1, 0.15) is 19.4 Å². The Hall–Kier alpha value is -1.68. The van der Waals surface area contributed by atoms with Gasteiger partial charge in [0.1, 0.15) is 6.54 Å². The number of non-ortho nitro benzene ring substituents is 1. The molecule has 1 aromatic carbocycles. The van der Waals surface area contributed by atoms with Gasteiger partial charge in [0, 0.05) is 18.7 Å². The first-order chi connectivity index (χ1) is 10.3. The molecule has 0 N–H and O–H groups in total. The number of nitro groups is 1. The fourth-order valence-electron chi connectivity index (χ4n) is 2.03. The third-order valence-electron chi connectivity index (χ3n) is 2.91. The number of hydrogen-bond acceptors (Lipinski definition) is 4. The number of halogens is 3. The summed E-state index contributed by atoms with van der Waals surface area (Å²) in [6.45, 7) is 2.59. The summed E-state index contributed by atoms with van der Waals surface area (Å²) in [6, 6.07) is 2.95. The van der Waals surface area contributed by atoms with Crippen LogP contribution < -0.4 is 0 Å². The topological polar surface area (TPSA) is 80.5 Å². The maximum atomic E-state index is 12.7. The van der Waals surface area contributed by atoms with E-state index < -0.39 is 27.7 Å². The molecule has 130 valence electrons. The van der Waals surface area contributed by atoms with E-state index in [1.807, 2.05) is 0 Å². The lowest BCUT2D eigenvalue weighted by atomic mass is 10.2. The minimum absolute atomic E-state index is 0.0233. The van der Waals surface area contributed by atoms with Gasteiger partial charge >= 0.3 is 6.18 Å². The molecule has 0 heterocycles. The van der Waals surface area contributed by atoms with E-state index in [2.05, 4.69) is 0 Å². The lowest BCUT2D eigenvalue weighted by Crippen LogP contribution is -2.41. The first kappa shape index (κ1) is 19.4. The molecule has 0 bridgehead atoms. The van der Waals surface area contributed by atoms with Crippen LogP contribution in [0, 0.1) is 23.0 Å². The molecule has 0 aliphatic heterocycles. The van der Waals surface area contributed by atoms with Crippen molar-refractivity contribution in [2.45, 2.75) is 31.8 Å². The molecule has 0 unspecified atom stereocenters. The lowest BCUT2D eigenvalue weighted by Gasteiger charge is -2.25. The maximum absolute atomic E-state index is 12.7. The van der Waals surface area contributed by atoms with Crippen LogP contribution >= 0.6 is 0 Å². The second-order valence-electron chi connectivity index (χ2n) is 5.51. The number of nitrogens with zero attached hydrogens (tertiary/aromatic N) is 2. The normalized spacial score (nSPS) is 12.9. The Bertz CT molecular complexity index is 687. The molecule has 23 heavy (non-hydrogen) atoms. The quantitative estimate of drug-likeness (QED) is 0.581. The largest absolute Gasteiger partial charge is 0.402 e. The molecule has 0 aliphatic carbocycles. The Balaban J connectivity index is 3.32. The Morgan fingerprint density at radius 1 is 1.30 bits per heavy atom. The molecule has 0 fully saturated rings. The number of aryl methyl sites for hydroxylation is 1. The van der Waals surface area contributed by atoms with Crippen LogP contribution in [0.5, 0.6) is 0 Å². The van der Waals surface area contributed by atoms with Crippen molar-refractivity contribution in [2.24, 2.45) is 5.92 Å².